The van der Waals surface area contributed by atoms with E-state index < -0.39 is 6.04 Å². The maximum absolute atomic E-state index is 12.2. The smallest absolute Gasteiger partial charge is 0.246 e. The van der Waals surface area contributed by atoms with Crippen molar-refractivity contribution in [2.24, 2.45) is 5.10 Å². The summed E-state index contributed by atoms with van der Waals surface area (Å²) in [6.07, 6.45) is 11.6. The summed E-state index contributed by atoms with van der Waals surface area (Å²) in [5.41, 5.74) is 4.38. The van der Waals surface area contributed by atoms with Gasteiger partial charge in [0, 0.05) is 24.0 Å². The molecule has 0 aromatic rings. The Morgan fingerprint density at radius 3 is 2.48 bits per heavy atom. The topological polar surface area (TPSA) is 89.4 Å². The van der Waals surface area contributed by atoms with E-state index in [1.807, 2.05) is 19.1 Å². The second-order valence-electron chi connectivity index (χ2n) is 4.97. The zero-order valence-corrected chi connectivity index (χ0v) is 15.1. The Morgan fingerprint density at radius 1 is 1.24 bits per heavy atom. The van der Waals surface area contributed by atoms with Crippen molar-refractivity contribution in [3.8, 4) is 0 Å². The lowest BCUT2D eigenvalue weighted by Gasteiger charge is -2.16. The van der Waals surface area contributed by atoms with Crippen LogP contribution in [0.5, 0.6) is 0 Å². The molecule has 0 bridgehead atoms. The van der Waals surface area contributed by atoms with Gasteiger partial charge in [0.15, 0.2) is 0 Å². The third kappa shape index (κ3) is 9.55. The Labute approximate surface area is 150 Å². The molecule has 0 aromatic heterocycles. The van der Waals surface area contributed by atoms with Crippen LogP contribution >= 0.6 is 0 Å². The van der Waals surface area contributed by atoms with E-state index in [0.717, 1.165) is 5.70 Å². The molecule has 4 N–H and O–H groups in total. The molecule has 0 heterocycles. The van der Waals surface area contributed by atoms with Crippen LogP contribution in [0.15, 0.2) is 78.3 Å². The highest BCUT2D eigenvalue weighted by molar-refractivity contribution is 6.19. The lowest BCUT2D eigenvalue weighted by atomic mass is 10.2. The van der Waals surface area contributed by atoms with Crippen molar-refractivity contribution in [3.63, 3.8) is 0 Å². The molecule has 0 spiro atoms. The van der Waals surface area contributed by atoms with Crippen molar-refractivity contribution in [1.29, 1.82) is 5.41 Å². The van der Waals surface area contributed by atoms with Crippen LogP contribution in [0.2, 0.25) is 0 Å². The molecule has 6 heteroatoms. The van der Waals surface area contributed by atoms with Gasteiger partial charge in [0.1, 0.15) is 6.04 Å². The van der Waals surface area contributed by atoms with Gasteiger partial charge in [0.2, 0.25) is 5.91 Å². The molecule has 0 radical (unpaired) electrons. The standard InChI is InChI=1S/C19H27N5O/c1-7-9-10-17(8-2)24-16(5)19(25)23-15(4)11-12-18(20)14(3)13-22-21-6/h7-13,16,20-21,24H,1,3-4H2,2,5-6H3,(H,23,25)/b10-9-,12-11-,17-8+,20-18?,22-13-. The number of carbonyl (C=O) groups is 1. The van der Waals surface area contributed by atoms with Crippen LogP contribution in [0.4, 0.5) is 0 Å². The molecule has 0 aliphatic heterocycles. The molecule has 0 aliphatic carbocycles. The second-order valence-corrected chi connectivity index (χ2v) is 4.97. The Morgan fingerprint density at radius 2 is 1.92 bits per heavy atom. The van der Waals surface area contributed by atoms with Gasteiger partial charge in [0.05, 0.1) is 11.9 Å². The number of nitrogens with one attached hydrogen (secondary N) is 4. The summed E-state index contributed by atoms with van der Waals surface area (Å²) >= 11 is 0. The van der Waals surface area contributed by atoms with Crippen LogP contribution in [0.3, 0.4) is 0 Å². The predicted octanol–water partition coefficient (Wildman–Crippen LogP) is 2.58. The number of rotatable bonds is 11. The number of nitrogens with zero attached hydrogens (tertiary/aromatic N) is 1. The molecule has 0 aliphatic rings. The van der Waals surface area contributed by atoms with Crippen molar-refractivity contribution >= 4 is 17.8 Å². The SMILES string of the molecule is C=C/C=C\C(=C/C)NC(C)C(=O)NC(=C)/C=C\C(=N)C(=C)/C=N\NC. The molecule has 6 nitrogen and oxygen atoms in total. The molecule has 1 unspecified atom stereocenters. The van der Waals surface area contributed by atoms with Gasteiger partial charge in [-0.2, -0.15) is 5.10 Å². The minimum atomic E-state index is -0.456. The van der Waals surface area contributed by atoms with Crippen LogP contribution in [-0.4, -0.2) is 30.9 Å². The van der Waals surface area contributed by atoms with Gasteiger partial charge in [-0.25, -0.2) is 0 Å². The third-order valence-electron chi connectivity index (χ3n) is 2.93. The van der Waals surface area contributed by atoms with Gasteiger partial charge in [-0.15, -0.1) is 0 Å². The summed E-state index contributed by atoms with van der Waals surface area (Å²) in [6, 6.07) is -0.456. The van der Waals surface area contributed by atoms with E-state index in [2.05, 4.69) is 40.9 Å². The maximum atomic E-state index is 12.2. The van der Waals surface area contributed by atoms with E-state index in [9.17, 15) is 4.79 Å². The highest BCUT2D eigenvalue weighted by Gasteiger charge is 2.12. The molecule has 1 atom stereocenters. The summed E-state index contributed by atoms with van der Waals surface area (Å²) in [5.74, 6) is -0.233. The highest BCUT2D eigenvalue weighted by atomic mass is 16.2. The first-order chi connectivity index (χ1) is 11.8. The van der Waals surface area contributed by atoms with E-state index in [1.165, 1.54) is 12.3 Å². The number of hydrogen-bond donors (Lipinski definition) is 4. The first-order valence-corrected chi connectivity index (χ1v) is 7.73. The minimum Gasteiger partial charge on any atom is -0.374 e. The highest BCUT2D eigenvalue weighted by Crippen LogP contribution is 1.99. The van der Waals surface area contributed by atoms with E-state index in [-0.39, 0.29) is 11.6 Å². The van der Waals surface area contributed by atoms with Crippen LogP contribution in [0.25, 0.3) is 0 Å². The third-order valence-corrected chi connectivity index (χ3v) is 2.93. The van der Waals surface area contributed by atoms with Crippen molar-refractivity contribution in [1.82, 2.24) is 16.1 Å². The van der Waals surface area contributed by atoms with Crippen LogP contribution in [0, 0.1) is 5.41 Å². The molecule has 0 rings (SSSR count). The average molecular weight is 341 g/mol. The van der Waals surface area contributed by atoms with E-state index in [4.69, 9.17) is 5.41 Å². The fraction of sp³-hybridized carbons (Fsp3) is 0.211. The lowest BCUT2D eigenvalue weighted by molar-refractivity contribution is -0.121. The van der Waals surface area contributed by atoms with Crippen LogP contribution < -0.4 is 16.1 Å². The van der Waals surface area contributed by atoms with Gasteiger partial charge in [-0.3, -0.25) is 4.79 Å². The molecule has 0 aromatic carbocycles. The lowest BCUT2D eigenvalue weighted by Crippen LogP contribution is -2.40. The quantitative estimate of drug-likeness (QED) is 0.264. The normalized spacial score (nSPS) is 13.0. The molecular formula is C19H27N5O. The van der Waals surface area contributed by atoms with E-state index >= 15 is 0 Å². The maximum Gasteiger partial charge on any atom is 0.246 e. The fourth-order valence-corrected chi connectivity index (χ4v) is 1.53. The van der Waals surface area contributed by atoms with Crippen LogP contribution in [0.1, 0.15) is 13.8 Å². The monoisotopic (exact) mass is 341 g/mol. The summed E-state index contributed by atoms with van der Waals surface area (Å²) < 4.78 is 0. The van der Waals surface area contributed by atoms with Crippen molar-refractivity contribution in [3.05, 3.63) is 73.2 Å². The predicted molar refractivity (Wildman–Crippen MR) is 107 cm³/mol. The van der Waals surface area contributed by atoms with Crippen molar-refractivity contribution in [2.75, 3.05) is 7.05 Å². The minimum absolute atomic E-state index is 0.173. The molecule has 1 amide bonds. The van der Waals surface area contributed by atoms with Gasteiger partial charge < -0.3 is 21.5 Å². The Hall–Kier alpha value is -3.15. The summed E-state index contributed by atoms with van der Waals surface area (Å²) in [7, 11) is 1.65. The molecule has 0 saturated heterocycles. The summed E-state index contributed by atoms with van der Waals surface area (Å²) in [6.45, 7) is 14.7. The van der Waals surface area contributed by atoms with Gasteiger partial charge >= 0.3 is 0 Å². The first-order valence-electron chi connectivity index (χ1n) is 7.73. The number of allylic oxidation sites excluding steroid dienone is 7. The van der Waals surface area contributed by atoms with Gasteiger partial charge in [0.25, 0.3) is 0 Å². The van der Waals surface area contributed by atoms with Crippen molar-refractivity contribution in [2.45, 2.75) is 19.9 Å². The molecular weight excluding hydrogens is 314 g/mol. The van der Waals surface area contributed by atoms with Crippen molar-refractivity contribution < 1.29 is 4.79 Å². The van der Waals surface area contributed by atoms with Gasteiger partial charge in [-0.05, 0) is 32.1 Å². The molecule has 0 saturated carbocycles. The number of amides is 1. The molecule has 134 valence electrons. The number of hydrogen-bond acceptors (Lipinski definition) is 5. The van der Waals surface area contributed by atoms with Crippen LogP contribution in [-0.2, 0) is 4.79 Å². The second kappa shape index (κ2) is 12.3. The zero-order valence-electron chi connectivity index (χ0n) is 15.1. The number of carbonyl (C=O) groups excluding carboxylic acids is 1. The van der Waals surface area contributed by atoms with E-state index in [0.29, 0.717) is 11.3 Å². The largest absolute Gasteiger partial charge is 0.374 e. The summed E-state index contributed by atoms with van der Waals surface area (Å²) in [5, 5.41) is 17.4. The zero-order chi connectivity index (χ0) is 19.2. The van der Waals surface area contributed by atoms with E-state index in [1.54, 1.807) is 32.2 Å². The summed E-state index contributed by atoms with van der Waals surface area (Å²) in [4.78, 5) is 12.2. The molecule has 0 fully saturated rings. The molecule has 25 heavy (non-hydrogen) atoms. The Balaban J connectivity index is 4.61. The average Bonchev–Trinajstić information content (AvgIpc) is 2.60. The number of hydrazone groups is 1. The Kier molecular flexibility index (Phi) is 10.7. The Bertz CT molecular complexity index is 638. The fourth-order valence-electron chi connectivity index (χ4n) is 1.53. The van der Waals surface area contributed by atoms with Gasteiger partial charge in [-0.1, -0.05) is 38.0 Å². The first kappa shape index (κ1) is 21.9.